The molecule has 0 radical (unpaired) electrons. The zero-order valence-corrected chi connectivity index (χ0v) is 10.5. The van der Waals surface area contributed by atoms with E-state index < -0.39 is 0 Å². The summed E-state index contributed by atoms with van der Waals surface area (Å²) in [5, 5.41) is 5.67. The topological polar surface area (TPSA) is 92.9 Å². The van der Waals surface area contributed by atoms with E-state index in [9.17, 15) is 4.79 Å². The summed E-state index contributed by atoms with van der Waals surface area (Å²) < 4.78 is 0. The molecular formula is C11H19N5O. The van der Waals surface area contributed by atoms with Gasteiger partial charge in [-0.1, -0.05) is 6.92 Å². The Labute approximate surface area is 101 Å². The SMILES string of the molecule is CCNC(=O)CNc1nc(CC)nc(N)c1C. The average Bonchev–Trinajstić information content (AvgIpc) is 2.31. The first-order valence-corrected chi connectivity index (χ1v) is 5.72. The molecule has 0 aromatic carbocycles. The standard InChI is InChI=1S/C11H19N5O/c1-4-8-15-10(12)7(3)11(16-8)14-6-9(17)13-5-2/h4-6H2,1-3H3,(H,13,17)(H3,12,14,15,16). The number of carbonyl (C=O) groups is 1. The molecular weight excluding hydrogens is 218 g/mol. The van der Waals surface area contributed by atoms with Crippen LogP contribution in [-0.4, -0.2) is 29.0 Å². The molecule has 1 amide bonds. The molecule has 0 saturated carbocycles. The summed E-state index contributed by atoms with van der Waals surface area (Å²) in [6.45, 7) is 6.47. The lowest BCUT2D eigenvalue weighted by atomic mass is 10.3. The number of amides is 1. The van der Waals surface area contributed by atoms with Gasteiger partial charge in [-0.3, -0.25) is 4.79 Å². The molecule has 1 aromatic heterocycles. The van der Waals surface area contributed by atoms with E-state index in [0.29, 0.717) is 30.4 Å². The van der Waals surface area contributed by atoms with Crippen LogP contribution in [0.2, 0.25) is 0 Å². The third-order valence-corrected chi connectivity index (χ3v) is 2.34. The van der Waals surface area contributed by atoms with Gasteiger partial charge in [-0.05, 0) is 13.8 Å². The fourth-order valence-electron chi connectivity index (χ4n) is 1.34. The van der Waals surface area contributed by atoms with Gasteiger partial charge in [0.15, 0.2) is 0 Å². The van der Waals surface area contributed by atoms with Gasteiger partial charge in [0.05, 0.1) is 6.54 Å². The molecule has 0 unspecified atom stereocenters. The number of nitrogens with two attached hydrogens (primary N) is 1. The number of anilines is 2. The predicted octanol–water partition coefficient (Wildman–Crippen LogP) is 0.478. The zero-order valence-electron chi connectivity index (χ0n) is 10.5. The number of aryl methyl sites for hydroxylation is 1. The smallest absolute Gasteiger partial charge is 0.239 e. The molecule has 1 heterocycles. The van der Waals surface area contributed by atoms with Gasteiger partial charge in [0, 0.05) is 18.5 Å². The van der Waals surface area contributed by atoms with Gasteiger partial charge < -0.3 is 16.4 Å². The fourth-order valence-corrected chi connectivity index (χ4v) is 1.34. The Bertz CT molecular complexity index is 405. The number of nitrogens with one attached hydrogen (secondary N) is 2. The Balaban J connectivity index is 2.76. The highest BCUT2D eigenvalue weighted by Crippen LogP contribution is 2.16. The molecule has 6 nitrogen and oxygen atoms in total. The highest BCUT2D eigenvalue weighted by Gasteiger charge is 2.08. The molecule has 1 rings (SSSR count). The van der Waals surface area contributed by atoms with Gasteiger partial charge in [-0.15, -0.1) is 0 Å². The van der Waals surface area contributed by atoms with E-state index in [1.165, 1.54) is 0 Å². The lowest BCUT2D eigenvalue weighted by molar-refractivity contribution is -0.119. The van der Waals surface area contributed by atoms with Crippen molar-refractivity contribution in [3.05, 3.63) is 11.4 Å². The van der Waals surface area contributed by atoms with Crippen molar-refractivity contribution in [3.63, 3.8) is 0 Å². The fraction of sp³-hybridized carbons (Fsp3) is 0.545. The van der Waals surface area contributed by atoms with Crippen LogP contribution >= 0.6 is 0 Å². The number of likely N-dealkylation sites (N-methyl/N-ethyl adjacent to an activating group) is 1. The summed E-state index contributed by atoms with van der Waals surface area (Å²) in [4.78, 5) is 19.8. The highest BCUT2D eigenvalue weighted by molar-refractivity contribution is 5.80. The van der Waals surface area contributed by atoms with Crippen LogP contribution < -0.4 is 16.4 Å². The molecule has 17 heavy (non-hydrogen) atoms. The number of aromatic nitrogens is 2. The van der Waals surface area contributed by atoms with Crippen LogP contribution in [0.3, 0.4) is 0 Å². The minimum absolute atomic E-state index is 0.0675. The van der Waals surface area contributed by atoms with Crippen LogP contribution in [-0.2, 0) is 11.2 Å². The molecule has 1 aromatic rings. The number of nitrogen functional groups attached to an aromatic ring is 1. The average molecular weight is 237 g/mol. The van der Waals surface area contributed by atoms with Crippen LogP contribution in [0.1, 0.15) is 25.2 Å². The molecule has 4 N–H and O–H groups in total. The van der Waals surface area contributed by atoms with Crippen LogP contribution in [0.4, 0.5) is 11.6 Å². The number of rotatable bonds is 5. The third-order valence-electron chi connectivity index (χ3n) is 2.34. The molecule has 0 bridgehead atoms. The number of carbonyl (C=O) groups excluding carboxylic acids is 1. The first-order valence-electron chi connectivity index (χ1n) is 5.72. The van der Waals surface area contributed by atoms with Gasteiger partial charge in [0.1, 0.15) is 17.5 Å². The van der Waals surface area contributed by atoms with E-state index in [0.717, 1.165) is 5.56 Å². The predicted molar refractivity (Wildman–Crippen MR) is 67.7 cm³/mol. The molecule has 0 spiro atoms. The Hall–Kier alpha value is -1.85. The van der Waals surface area contributed by atoms with Crippen LogP contribution in [0, 0.1) is 6.92 Å². The van der Waals surface area contributed by atoms with Crippen LogP contribution in [0.5, 0.6) is 0 Å². The van der Waals surface area contributed by atoms with Crippen molar-refractivity contribution >= 4 is 17.5 Å². The third kappa shape index (κ3) is 3.58. The van der Waals surface area contributed by atoms with Crippen molar-refractivity contribution in [2.45, 2.75) is 27.2 Å². The Morgan fingerprint density at radius 2 is 2.06 bits per heavy atom. The first-order chi connectivity index (χ1) is 8.08. The second-order valence-corrected chi connectivity index (χ2v) is 3.66. The van der Waals surface area contributed by atoms with Crippen molar-refractivity contribution in [3.8, 4) is 0 Å². The summed E-state index contributed by atoms with van der Waals surface area (Å²) >= 11 is 0. The Kier molecular flexibility index (Phi) is 4.68. The summed E-state index contributed by atoms with van der Waals surface area (Å²) in [6.07, 6.45) is 0.709. The van der Waals surface area contributed by atoms with Gasteiger partial charge in [-0.2, -0.15) is 0 Å². The van der Waals surface area contributed by atoms with E-state index in [2.05, 4.69) is 20.6 Å². The monoisotopic (exact) mass is 237 g/mol. The van der Waals surface area contributed by atoms with Crippen molar-refractivity contribution in [1.29, 1.82) is 0 Å². The van der Waals surface area contributed by atoms with E-state index in [4.69, 9.17) is 5.73 Å². The van der Waals surface area contributed by atoms with Gasteiger partial charge in [-0.25, -0.2) is 9.97 Å². The largest absolute Gasteiger partial charge is 0.383 e. The summed E-state index contributed by atoms with van der Waals surface area (Å²) in [7, 11) is 0. The van der Waals surface area contributed by atoms with Crippen molar-refractivity contribution in [1.82, 2.24) is 15.3 Å². The minimum atomic E-state index is -0.0675. The number of nitrogens with zero attached hydrogens (tertiary/aromatic N) is 2. The molecule has 94 valence electrons. The molecule has 0 atom stereocenters. The molecule has 6 heteroatoms. The maximum Gasteiger partial charge on any atom is 0.239 e. The quantitative estimate of drug-likeness (QED) is 0.692. The first kappa shape index (κ1) is 13.2. The maximum absolute atomic E-state index is 11.3. The normalized spacial score (nSPS) is 10.1. The lowest BCUT2D eigenvalue weighted by Gasteiger charge is -2.11. The summed E-state index contributed by atoms with van der Waals surface area (Å²) in [5.74, 6) is 1.68. The summed E-state index contributed by atoms with van der Waals surface area (Å²) in [6, 6.07) is 0. The van der Waals surface area contributed by atoms with Gasteiger partial charge in [0.25, 0.3) is 0 Å². The molecule has 0 saturated heterocycles. The summed E-state index contributed by atoms with van der Waals surface area (Å²) in [5.41, 5.74) is 6.54. The van der Waals surface area contributed by atoms with Gasteiger partial charge >= 0.3 is 0 Å². The molecule has 0 aliphatic rings. The molecule has 0 aliphatic heterocycles. The van der Waals surface area contributed by atoms with Gasteiger partial charge in [0.2, 0.25) is 5.91 Å². The van der Waals surface area contributed by atoms with E-state index >= 15 is 0 Å². The Morgan fingerprint density at radius 3 is 2.65 bits per heavy atom. The molecule has 0 aliphatic carbocycles. The minimum Gasteiger partial charge on any atom is -0.383 e. The second kappa shape index (κ2) is 6.03. The Morgan fingerprint density at radius 1 is 1.35 bits per heavy atom. The zero-order chi connectivity index (χ0) is 12.8. The highest BCUT2D eigenvalue weighted by atomic mass is 16.1. The lowest BCUT2D eigenvalue weighted by Crippen LogP contribution is -2.30. The van der Waals surface area contributed by atoms with Crippen molar-refractivity contribution in [2.75, 3.05) is 24.1 Å². The number of hydrogen-bond donors (Lipinski definition) is 3. The van der Waals surface area contributed by atoms with Crippen LogP contribution in [0.25, 0.3) is 0 Å². The van der Waals surface area contributed by atoms with E-state index in [1.807, 2.05) is 20.8 Å². The van der Waals surface area contributed by atoms with Crippen molar-refractivity contribution < 1.29 is 4.79 Å². The van der Waals surface area contributed by atoms with Crippen molar-refractivity contribution in [2.24, 2.45) is 0 Å². The van der Waals surface area contributed by atoms with E-state index in [-0.39, 0.29) is 12.5 Å². The molecule has 0 fully saturated rings. The van der Waals surface area contributed by atoms with E-state index in [1.54, 1.807) is 0 Å². The van der Waals surface area contributed by atoms with Crippen LogP contribution in [0.15, 0.2) is 0 Å². The maximum atomic E-state index is 11.3. The number of hydrogen-bond acceptors (Lipinski definition) is 5. The second-order valence-electron chi connectivity index (χ2n) is 3.66.